The van der Waals surface area contributed by atoms with Crippen LogP contribution in [0.3, 0.4) is 0 Å². The molecule has 0 aliphatic rings. The van der Waals surface area contributed by atoms with Crippen molar-refractivity contribution in [3.8, 4) is 0 Å². The molecule has 94 valence electrons. The first-order valence-electron chi connectivity index (χ1n) is 5.97. The SMILES string of the molecule is Cc1ccc(C[NH2+]Cc2c(F)cccc2Cl)cc1. The smallest absolute Gasteiger partial charge is 0.133 e. The van der Waals surface area contributed by atoms with Gasteiger partial charge in [0.05, 0.1) is 10.6 Å². The number of rotatable bonds is 4. The van der Waals surface area contributed by atoms with Gasteiger partial charge in [-0.2, -0.15) is 0 Å². The highest BCUT2D eigenvalue weighted by Gasteiger charge is 2.08. The van der Waals surface area contributed by atoms with Crippen molar-refractivity contribution in [1.82, 2.24) is 0 Å². The lowest BCUT2D eigenvalue weighted by Gasteiger charge is -2.05. The summed E-state index contributed by atoms with van der Waals surface area (Å²) in [7, 11) is 0. The average Bonchev–Trinajstić information content (AvgIpc) is 2.35. The van der Waals surface area contributed by atoms with E-state index < -0.39 is 0 Å². The Morgan fingerprint density at radius 2 is 1.78 bits per heavy atom. The molecule has 0 saturated carbocycles. The largest absolute Gasteiger partial charge is 0.339 e. The van der Waals surface area contributed by atoms with E-state index in [1.807, 2.05) is 0 Å². The molecule has 0 bridgehead atoms. The molecule has 0 saturated heterocycles. The molecule has 3 heteroatoms. The van der Waals surface area contributed by atoms with Crippen molar-refractivity contribution in [2.75, 3.05) is 0 Å². The van der Waals surface area contributed by atoms with Gasteiger partial charge >= 0.3 is 0 Å². The van der Waals surface area contributed by atoms with E-state index in [-0.39, 0.29) is 5.82 Å². The molecule has 0 heterocycles. The van der Waals surface area contributed by atoms with Crippen LogP contribution in [0.15, 0.2) is 42.5 Å². The molecule has 0 aliphatic carbocycles. The second kappa shape index (κ2) is 5.98. The average molecular weight is 265 g/mol. The molecular weight excluding hydrogens is 249 g/mol. The zero-order valence-corrected chi connectivity index (χ0v) is 11.0. The van der Waals surface area contributed by atoms with Crippen LogP contribution in [0.1, 0.15) is 16.7 Å². The topological polar surface area (TPSA) is 16.6 Å². The predicted octanol–water partition coefficient (Wildman–Crippen LogP) is 3.05. The van der Waals surface area contributed by atoms with E-state index in [2.05, 4.69) is 36.5 Å². The molecule has 2 aromatic rings. The number of hydrogen-bond donors (Lipinski definition) is 1. The minimum absolute atomic E-state index is 0.234. The summed E-state index contributed by atoms with van der Waals surface area (Å²) in [6.45, 7) is 3.44. The lowest BCUT2D eigenvalue weighted by atomic mass is 10.1. The van der Waals surface area contributed by atoms with E-state index >= 15 is 0 Å². The maximum atomic E-state index is 13.5. The first-order chi connectivity index (χ1) is 8.66. The van der Waals surface area contributed by atoms with Gasteiger partial charge in [0.25, 0.3) is 0 Å². The maximum absolute atomic E-state index is 13.5. The Hall–Kier alpha value is -1.38. The zero-order chi connectivity index (χ0) is 13.0. The van der Waals surface area contributed by atoms with Gasteiger partial charge in [0.2, 0.25) is 0 Å². The van der Waals surface area contributed by atoms with Crippen molar-refractivity contribution in [1.29, 1.82) is 0 Å². The van der Waals surface area contributed by atoms with Crippen LogP contribution < -0.4 is 5.32 Å². The van der Waals surface area contributed by atoms with E-state index in [1.54, 1.807) is 12.1 Å². The van der Waals surface area contributed by atoms with Crippen LogP contribution in [0.5, 0.6) is 0 Å². The van der Waals surface area contributed by atoms with Gasteiger partial charge in [-0.25, -0.2) is 4.39 Å². The minimum atomic E-state index is -0.234. The molecule has 0 fully saturated rings. The molecule has 0 aromatic heterocycles. The van der Waals surface area contributed by atoms with Gasteiger partial charge in [0.1, 0.15) is 18.9 Å². The van der Waals surface area contributed by atoms with Crippen LogP contribution in [0.2, 0.25) is 5.02 Å². The number of hydrogen-bond acceptors (Lipinski definition) is 0. The molecule has 1 nitrogen and oxygen atoms in total. The molecule has 0 spiro atoms. The van der Waals surface area contributed by atoms with Gasteiger partial charge in [0.15, 0.2) is 0 Å². The summed E-state index contributed by atoms with van der Waals surface area (Å²) in [6, 6.07) is 13.1. The van der Waals surface area contributed by atoms with Crippen LogP contribution in [0.25, 0.3) is 0 Å². The predicted molar refractivity (Wildman–Crippen MR) is 71.9 cm³/mol. The summed E-state index contributed by atoms with van der Waals surface area (Å²) in [5, 5.41) is 2.55. The summed E-state index contributed by atoms with van der Waals surface area (Å²) in [6.07, 6.45) is 0. The Morgan fingerprint density at radius 1 is 1.06 bits per heavy atom. The Bertz CT molecular complexity index is 502. The van der Waals surface area contributed by atoms with Gasteiger partial charge in [-0.05, 0) is 19.1 Å². The Kier molecular flexibility index (Phi) is 4.34. The Labute approximate surface area is 112 Å². The molecule has 18 heavy (non-hydrogen) atoms. The van der Waals surface area contributed by atoms with Crippen molar-refractivity contribution < 1.29 is 9.71 Å². The lowest BCUT2D eigenvalue weighted by molar-refractivity contribution is -0.686. The van der Waals surface area contributed by atoms with Gasteiger partial charge in [0, 0.05) is 5.56 Å². The molecule has 2 N–H and O–H groups in total. The second-order valence-electron chi connectivity index (χ2n) is 4.38. The first kappa shape index (κ1) is 13.1. The zero-order valence-electron chi connectivity index (χ0n) is 10.3. The van der Waals surface area contributed by atoms with Crippen LogP contribution in [0, 0.1) is 12.7 Å². The molecule has 2 aromatic carbocycles. The van der Waals surface area contributed by atoms with Crippen LogP contribution in [0.4, 0.5) is 4.39 Å². The van der Waals surface area contributed by atoms with Crippen molar-refractivity contribution in [2.45, 2.75) is 20.0 Å². The summed E-state index contributed by atoms with van der Waals surface area (Å²) >= 11 is 5.97. The van der Waals surface area contributed by atoms with Crippen molar-refractivity contribution in [2.24, 2.45) is 0 Å². The number of halogens is 2. The molecule has 0 atom stereocenters. The fourth-order valence-electron chi connectivity index (χ4n) is 1.83. The third kappa shape index (κ3) is 3.31. The molecule has 0 unspecified atom stereocenters. The third-order valence-corrected chi connectivity index (χ3v) is 3.26. The normalized spacial score (nSPS) is 10.6. The highest BCUT2D eigenvalue weighted by Crippen LogP contribution is 2.17. The third-order valence-electron chi connectivity index (χ3n) is 2.91. The summed E-state index contributed by atoms with van der Waals surface area (Å²) in [4.78, 5) is 0. The Balaban J connectivity index is 1.94. The van der Waals surface area contributed by atoms with Crippen molar-refractivity contribution in [3.05, 3.63) is 70.0 Å². The minimum Gasteiger partial charge on any atom is -0.339 e. The van der Waals surface area contributed by atoms with Gasteiger partial charge in [-0.3, -0.25) is 0 Å². The number of benzene rings is 2. The molecule has 2 rings (SSSR count). The van der Waals surface area contributed by atoms with E-state index in [0.717, 1.165) is 6.54 Å². The molecule has 0 aliphatic heterocycles. The van der Waals surface area contributed by atoms with Crippen LogP contribution in [-0.2, 0) is 13.1 Å². The lowest BCUT2D eigenvalue weighted by Crippen LogP contribution is -2.80. The Morgan fingerprint density at radius 3 is 2.44 bits per heavy atom. The van der Waals surface area contributed by atoms with E-state index in [9.17, 15) is 4.39 Å². The maximum Gasteiger partial charge on any atom is 0.133 e. The summed E-state index contributed by atoms with van der Waals surface area (Å²) in [5.41, 5.74) is 3.05. The number of quaternary nitrogens is 1. The number of aryl methyl sites for hydroxylation is 1. The monoisotopic (exact) mass is 264 g/mol. The molecule has 0 radical (unpaired) electrons. The van der Waals surface area contributed by atoms with Crippen molar-refractivity contribution >= 4 is 11.6 Å². The van der Waals surface area contributed by atoms with E-state index in [4.69, 9.17) is 11.6 Å². The highest BCUT2D eigenvalue weighted by atomic mass is 35.5. The van der Waals surface area contributed by atoms with Gasteiger partial charge < -0.3 is 5.32 Å². The van der Waals surface area contributed by atoms with Crippen molar-refractivity contribution in [3.63, 3.8) is 0 Å². The van der Waals surface area contributed by atoms with E-state index in [0.29, 0.717) is 17.1 Å². The fraction of sp³-hybridized carbons (Fsp3) is 0.200. The quantitative estimate of drug-likeness (QED) is 0.874. The molecular formula is C15H16ClFN+. The summed E-state index contributed by atoms with van der Waals surface area (Å²) in [5.74, 6) is -0.234. The van der Waals surface area contributed by atoms with Crippen LogP contribution >= 0.6 is 11.6 Å². The number of nitrogens with two attached hydrogens (primary N) is 1. The van der Waals surface area contributed by atoms with Gasteiger partial charge in [-0.15, -0.1) is 0 Å². The molecule has 0 amide bonds. The first-order valence-corrected chi connectivity index (χ1v) is 6.34. The highest BCUT2D eigenvalue weighted by molar-refractivity contribution is 6.31. The van der Waals surface area contributed by atoms with Gasteiger partial charge in [-0.1, -0.05) is 47.5 Å². The second-order valence-corrected chi connectivity index (χ2v) is 4.79. The van der Waals surface area contributed by atoms with Crippen LogP contribution in [-0.4, -0.2) is 0 Å². The summed E-state index contributed by atoms with van der Waals surface area (Å²) < 4.78 is 13.5. The fourth-order valence-corrected chi connectivity index (χ4v) is 2.07. The standard InChI is InChI=1S/C15H15ClFN/c1-11-5-7-12(8-6-11)9-18-10-13-14(16)3-2-4-15(13)17/h2-8,18H,9-10H2,1H3/p+1. The van der Waals surface area contributed by atoms with E-state index in [1.165, 1.54) is 17.2 Å².